The highest BCUT2D eigenvalue weighted by molar-refractivity contribution is 9.11. The quantitative estimate of drug-likeness (QED) is 0.806. The maximum absolute atomic E-state index is 13.6. The van der Waals surface area contributed by atoms with Crippen LogP contribution >= 0.6 is 27.3 Å². The molecule has 5 heteroatoms. The molecule has 0 amide bonds. The van der Waals surface area contributed by atoms with E-state index in [4.69, 9.17) is 4.74 Å². The van der Waals surface area contributed by atoms with Gasteiger partial charge < -0.3 is 10.1 Å². The molecule has 0 aliphatic heterocycles. The van der Waals surface area contributed by atoms with Gasteiger partial charge in [0, 0.05) is 23.5 Å². The van der Waals surface area contributed by atoms with Crippen LogP contribution in [-0.2, 0) is 13.2 Å². The standard InChI is InChI=1S/C15H17BrFNOS/c1-10(2)18-8-11-5-12(17)7-13(6-11)19-9-14-3-4-15(16)20-14/h3-7,10,18H,8-9H2,1-2H3. The molecule has 1 heterocycles. The van der Waals surface area contributed by atoms with Gasteiger partial charge in [-0.25, -0.2) is 4.39 Å². The Morgan fingerprint density at radius 3 is 2.75 bits per heavy atom. The minimum atomic E-state index is -0.268. The number of benzene rings is 1. The van der Waals surface area contributed by atoms with E-state index in [1.54, 1.807) is 11.3 Å². The largest absolute Gasteiger partial charge is 0.488 e. The van der Waals surface area contributed by atoms with Crippen molar-refractivity contribution < 1.29 is 9.13 Å². The summed E-state index contributed by atoms with van der Waals surface area (Å²) in [5.41, 5.74) is 0.890. The third kappa shape index (κ3) is 4.89. The smallest absolute Gasteiger partial charge is 0.127 e. The molecule has 0 saturated heterocycles. The van der Waals surface area contributed by atoms with E-state index in [2.05, 4.69) is 35.1 Å². The van der Waals surface area contributed by atoms with Crippen LogP contribution in [0.25, 0.3) is 0 Å². The van der Waals surface area contributed by atoms with Crippen LogP contribution in [0.4, 0.5) is 4.39 Å². The lowest BCUT2D eigenvalue weighted by Gasteiger charge is -2.10. The van der Waals surface area contributed by atoms with Crippen molar-refractivity contribution in [3.8, 4) is 5.75 Å². The molecule has 0 spiro atoms. The second-order valence-corrected chi connectivity index (χ2v) is 7.37. The highest BCUT2D eigenvalue weighted by Crippen LogP contribution is 2.24. The lowest BCUT2D eigenvalue weighted by atomic mass is 10.2. The number of thiophene rings is 1. The molecule has 2 nitrogen and oxygen atoms in total. The Bertz CT molecular complexity index is 571. The molecule has 2 rings (SSSR count). The topological polar surface area (TPSA) is 21.3 Å². The molecule has 20 heavy (non-hydrogen) atoms. The van der Waals surface area contributed by atoms with Crippen molar-refractivity contribution in [1.29, 1.82) is 0 Å². The third-order valence-corrected chi connectivity index (χ3v) is 4.25. The molecule has 0 atom stereocenters. The van der Waals surface area contributed by atoms with Crippen LogP contribution in [0.5, 0.6) is 5.75 Å². The predicted octanol–water partition coefficient (Wildman–Crippen LogP) is 4.73. The summed E-state index contributed by atoms with van der Waals surface area (Å²) in [5.74, 6) is 0.297. The molecular weight excluding hydrogens is 341 g/mol. The molecule has 1 N–H and O–H groups in total. The Hall–Kier alpha value is -0.910. The fourth-order valence-electron chi connectivity index (χ4n) is 1.71. The summed E-state index contributed by atoms with van der Waals surface area (Å²) in [6, 6.07) is 9.17. The monoisotopic (exact) mass is 357 g/mol. The molecule has 0 unspecified atom stereocenters. The summed E-state index contributed by atoms with van der Waals surface area (Å²) in [4.78, 5) is 1.10. The van der Waals surface area contributed by atoms with Crippen LogP contribution in [-0.4, -0.2) is 6.04 Å². The van der Waals surface area contributed by atoms with Gasteiger partial charge in [0.1, 0.15) is 18.2 Å². The van der Waals surface area contributed by atoms with Gasteiger partial charge in [-0.1, -0.05) is 13.8 Å². The average molecular weight is 358 g/mol. The van der Waals surface area contributed by atoms with E-state index in [1.807, 2.05) is 18.2 Å². The van der Waals surface area contributed by atoms with Crippen LogP contribution in [0.15, 0.2) is 34.1 Å². The first kappa shape index (κ1) is 15.5. The van der Waals surface area contributed by atoms with Crippen molar-refractivity contribution in [2.24, 2.45) is 0 Å². The number of ether oxygens (including phenoxy) is 1. The van der Waals surface area contributed by atoms with Crippen molar-refractivity contribution in [3.05, 3.63) is 50.4 Å². The zero-order valence-corrected chi connectivity index (χ0v) is 13.9. The van der Waals surface area contributed by atoms with Gasteiger partial charge in [-0.05, 0) is 45.8 Å². The molecule has 2 aromatic rings. The molecule has 0 aliphatic carbocycles. The Labute approximate surface area is 131 Å². The zero-order chi connectivity index (χ0) is 14.5. The van der Waals surface area contributed by atoms with Crippen LogP contribution in [0, 0.1) is 5.82 Å². The minimum absolute atomic E-state index is 0.268. The fourth-order valence-corrected chi connectivity index (χ4v) is 3.11. The fraction of sp³-hybridized carbons (Fsp3) is 0.333. The van der Waals surface area contributed by atoms with Gasteiger partial charge in [-0.2, -0.15) is 0 Å². The second kappa shape index (κ2) is 7.20. The van der Waals surface area contributed by atoms with E-state index in [0.29, 0.717) is 24.9 Å². The lowest BCUT2D eigenvalue weighted by molar-refractivity contribution is 0.307. The molecule has 0 bridgehead atoms. The van der Waals surface area contributed by atoms with Gasteiger partial charge in [0.25, 0.3) is 0 Å². The van der Waals surface area contributed by atoms with E-state index in [9.17, 15) is 4.39 Å². The van der Waals surface area contributed by atoms with Crippen molar-refractivity contribution >= 4 is 27.3 Å². The lowest BCUT2D eigenvalue weighted by Crippen LogP contribution is -2.21. The summed E-state index contributed by atoms with van der Waals surface area (Å²) in [6.45, 7) is 5.21. The number of nitrogens with one attached hydrogen (secondary N) is 1. The van der Waals surface area contributed by atoms with Gasteiger partial charge in [0.2, 0.25) is 0 Å². The van der Waals surface area contributed by atoms with Crippen LogP contribution in [0.3, 0.4) is 0 Å². The normalized spacial score (nSPS) is 11.1. The Morgan fingerprint density at radius 2 is 2.10 bits per heavy atom. The maximum Gasteiger partial charge on any atom is 0.127 e. The summed E-state index contributed by atoms with van der Waals surface area (Å²) in [7, 11) is 0. The molecule has 0 aliphatic rings. The summed E-state index contributed by atoms with van der Waals surface area (Å²) >= 11 is 5.03. The summed E-state index contributed by atoms with van der Waals surface area (Å²) < 4.78 is 20.3. The van der Waals surface area contributed by atoms with Gasteiger partial charge >= 0.3 is 0 Å². The van der Waals surface area contributed by atoms with Crippen molar-refractivity contribution in [3.63, 3.8) is 0 Å². The van der Waals surface area contributed by atoms with E-state index >= 15 is 0 Å². The van der Waals surface area contributed by atoms with E-state index in [1.165, 1.54) is 12.1 Å². The predicted molar refractivity (Wildman–Crippen MR) is 84.7 cm³/mol. The van der Waals surface area contributed by atoms with Crippen molar-refractivity contribution in [1.82, 2.24) is 5.32 Å². The molecule has 0 fully saturated rings. The van der Waals surface area contributed by atoms with Crippen LogP contribution < -0.4 is 10.1 Å². The first-order valence-electron chi connectivity index (χ1n) is 6.43. The van der Waals surface area contributed by atoms with Crippen molar-refractivity contribution in [2.75, 3.05) is 0 Å². The highest BCUT2D eigenvalue weighted by atomic mass is 79.9. The number of rotatable bonds is 6. The Kier molecular flexibility index (Phi) is 5.57. The second-order valence-electron chi connectivity index (χ2n) is 4.83. The number of halogens is 2. The van der Waals surface area contributed by atoms with Crippen molar-refractivity contribution in [2.45, 2.75) is 33.0 Å². The molecular formula is C15H17BrFNOS. The van der Waals surface area contributed by atoms with E-state index in [0.717, 1.165) is 14.2 Å². The van der Waals surface area contributed by atoms with Gasteiger partial charge in [0.15, 0.2) is 0 Å². The summed E-state index contributed by atoms with van der Waals surface area (Å²) in [6.07, 6.45) is 0. The average Bonchev–Trinajstić information content (AvgIpc) is 2.79. The molecule has 108 valence electrons. The molecule has 0 saturated carbocycles. The molecule has 1 aromatic heterocycles. The first-order valence-corrected chi connectivity index (χ1v) is 8.04. The zero-order valence-electron chi connectivity index (χ0n) is 11.5. The minimum Gasteiger partial charge on any atom is -0.488 e. The number of hydrogen-bond donors (Lipinski definition) is 1. The SMILES string of the molecule is CC(C)NCc1cc(F)cc(OCc2ccc(Br)s2)c1. The third-order valence-electron chi connectivity index (χ3n) is 2.66. The van der Waals surface area contributed by atoms with E-state index < -0.39 is 0 Å². The Balaban J connectivity index is 2.00. The van der Waals surface area contributed by atoms with Crippen LogP contribution in [0.1, 0.15) is 24.3 Å². The van der Waals surface area contributed by atoms with Gasteiger partial charge in [-0.15, -0.1) is 11.3 Å². The van der Waals surface area contributed by atoms with Gasteiger partial charge in [0.05, 0.1) is 3.79 Å². The maximum atomic E-state index is 13.6. The molecule has 1 aromatic carbocycles. The first-order chi connectivity index (χ1) is 9.52. The van der Waals surface area contributed by atoms with Gasteiger partial charge in [-0.3, -0.25) is 0 Å². The number of hydrogen-bond acceptors (Lipinski definition) is 3. The van der Waals surface area contributed by atoms with E-state index in [-0.39, 0.29) is 5.82 Å². The molecule has 0 radical (unpaired) electrons. The summed E-state index contributed by atoms with van der Waals surface area (Å²) in [5, 5.41) is 3.27. The Morgan fingerprint density at radius 1 is 1.30 bits per heavy atom. The highest BCUT2D eigenvalue weighted by Gasteiger charge is 2.04. The van der Waals surface area contributed by atoms with Crippen LogP contribution in [0.2, 0.25) is 0 Å².